The minimum Gasteiger partial charge on any atom is -0.462 e. The molecule has 0 saturated carbocycles. The van der Waals surface area contributed by atoms with E-state index >= 15 is 0 Å². The number of piperidine rings is 1. The van der Waals surface area contributed by atoms with Crippen LogP contribution >= 0.6 is 0 Å². The molecule has 0 aromatic carbocycles. The van der Waals surface area contributed by atoms with Gasteiger partial charge < -0.3 is 10.1 Å². The Balaban J connectivity index is 0.000000265. The summed E-state index contributed by atoms with van der Waals surface area (Å²) >= 11 is 0. The van der Waals surface area contributed by atoms with Crippen LogP contribution in [0.15, 0.2) is 0 Å². The first kappa shape index (κ1) is 14.3. The molecule has 1 saturated heterocycles. The lowest BCUT2D eigenvalue weighted by Gasteiger charge is -2.21. The summed E-state index contributed by atoms with van der Waals surface area (Å²) in [6.45, 7) is 6.85. The maximum Gasteiger partial charge on any atom is 0.293 e. The van der Waals surface area contributed by atoms with Gasteiger partial charge in [0.15, 0.2) is 0 Å². The Morgan fingerprint density at radius 2 is 1.73 bits per heavy atom. The molecule has 1 fully saturated rings. The number of nitrogens with one attached hydrogen (secondary N) is 1. The molecular formula is C10H19F2NO2. The molecule has 0 aliphatic carbocycles. The van der Waals surface area contributed by atoms with Gasteiger partial charge in [-0.25, -0.2) is 8.78 Å². The number of rotatable bonds is 1. The van der Waals surface area contributed by atoms with Crippen LogP contribution in [0.5, 0.6) is 0 Å². The van der Waals surface area contributed by atoms with Crippen molar-refractivity contribution in [3.8, 4) is 0 Å². The molecule has 15 heavy (non-hydrogen) atoms. The normalized spacial score (nSPS) is 19.8. The van der Waals surface area contributed by atoms with Crippen molar-refractivity contribution in [3.63, 3.8) is 0 Å². The van der Waals surface area contributed by atoms with Crippen LogP contribution in [-0.4, -0.2) is 31.1 Å². The van der Waals surface area contributed by atoms with Crippen LogP contribution in [0, 0.1) is 0 Å². The van der Waals surface area contributed by atoms with Crippen LogP contribution in [-0.2, 0) is 9.53 Å². The summed E-state index contributed by atoms with van der Waals surface area (Å²) in [5.74, 6) is -2.38. The number of hydrogen-bond donors (Lipinski definition) is 1. The first-order chi connectivity index (χ1) is 6.77. The van der Waals surface area contributed by atoms with E-state index in [1.165, 1.54) is 0 Å². The lowest BCUT2D eigenvalue weighted by molar-refractivity contribution is -0.138. The van der Waals surface area contributed by atoms with Gasteiger partial charge in [0, 0.05) is 25.9 Å². The Kier molecular flexibility index (Phi) is 5.72. The molecule has 1 heterocycles. The quantitative estimate of drug-likeness (QED) is 0.691. The van der Waals surface area contributed by atoms with E-state index in [9.17, 15) is 13.6 Å². The zero-order chi connectivity index (χ0) is 11.9. The minimum absolute atomic E-state index is 0.00694. The standard InChI is InChI=1S/C5H9F2N.C5H10O2/c6-5(7)1-3-8-4-2-5;1-5(2,3)7-4-6/h8H,1-4H2;4H,1-3H3. The van der Waals surface area contributed by atoms with E-state index in [2.05, 4.69) is 10.1 Å². The van der Waals surface area contributed by atoms with Crippen molar-refractivity contribution in [1.82, 2.24) is 5.32 Å². The van der Waals surface area contributed by atoms with E-state index in [0.717, 1.165) is 0 Å². The molecule has 3 nitrogen and oxygen atoms in total. The van der Waals surface area contributed by atoms with E-state index < -0.39 is 5.92 Å². The average Bonchev–Trinajstić information content (AvgIpc) is 2.02. The molecular weight excluding hydrogens is 204 g/mol. The Morgan fingerprint density at radius 3 is 1.87 bits per heavy atom. The van der Waals surface area contributed by atoms with Gasteiger partial charge in [0.1, 0.15) is 5.60 Å². The third kappa shape index (κ3) is 9.59. The fourth-order valence-corrected chi connectivity index (χ4v) is 0.937. The highest BCUT2D eigenvalue weighted by atomic mass is 19.3. The van der Waals surface area contributed by atoms with E-state index in [1.54, 1.807) is 0 Å². The molecule has 0 radical (unpaired) electrons. The zero-order valence-electron chi connectivity index (χ0n) is 9.48. The molecule has 0 aromatic rings. The van der Waals surface area contributed by atoms with Gasteiger partial charge >= 0.3 is 0 Å². The van der Waals surface area contributed by atoms with Gasteiger partial charge in [-0.3, -0.25) is 4.79 Å². The summed E-state index contributed by atoms with van der Waals surface area (Å²) in [6.07, 6.45) is 0.0139. The highest BCUT2D eigenvalue weighted by Gasteiger charge is 2.30. The van der Waals surface area contributed by atoms with Crippen molar-refractivity contribution >= 4 is 6.47 Å². The van der Waals surface area contributed by atoms with Gasteiger partial charge in [0.25, 0.3) is 12.4 Å². The monoisotopic (exact) mass is 223 g/mol. The van der Waals surface area contributed by atoms with Gasteiger partial charge in [-0.05, 0) is 20.8 Å². The summed E-state index contributed by atoms with van der Waals surface area (Å²) in [5.41, 5.74) is -0.318. The molecule has 0 bridgehead atoms. The third-order valence-electron chi connectivity index (χ3n) is 1.74. The van der Waals surface area contributed by atoms with Gasteiger partial charge in [0.2, 0.25) is 0 Å². The second-order valence-corrected chi connectivity index (χ2v) is 4.43. The topological polar surface area (TPSA) is 38.3 Å². The average molecular weight is 223 g/mol. The fourth-order valence-electron chi connectivity index (χ4n) is 0.937. The molecule has 90 valence electrons. The molecule has 0 unspecified atom stereocenters. The number of halogens is 2. The second-order valence-electron chi connectivity index (χ2n) is 4.43. The summed E-state index contributed by atoms with van der Waals surface area (Å²) in [5, 5.41) is 2.86. The fraction of sp³-hybridized carbons (Fsp3) is 0.900. The van der Waals surface area contributed by atoms with Gasteiger partial charge in [-0.2, -0.15) is 0 Å². The smallest absolute Gasteiger partial charge is 0.293 e. The van der Waals surface area contributed by atoms with E-state index in [1.807, 2.05) is 20.8 Å². The van der Waals surface area contributed by atoms with Crippen molar-refractivity contribution in [3.05, 3.63) is 0 Å². The second kappa shape index (κ2) is 6.00. The number of alkyl halides is 2. The summed E-state index contributed by atoms with van der Waals surface area (Å²) < 4.78 is 28.9. The number of carbonyl (C=O) groups excluding carboxylic acids is 1. The highest BCUT2D eigenvalue weighted by Crippen LogP contribution is 2.23. The summed E-state index contributed by atoms with van der Waals surface area (Å²) in [6, 6.07) is 0. The maximum atomic E-state index is 12.2. The van der Waals surface area contributed by atoms with Crippen molar-refractivity contribution in [2.45, 2.75) is 45.1 Å². The zero-order valence-corrected chi connectivity index (χ0v) is 9.48. The van der Waals surface area contributed by atoms with Crippen LogP contribution in [0.25, 0.3) is 0 Å². The number of hydrogen-bond acceptors (Lipinski definition) is 3. The largest absolute Gasteiger partial charge is 0.462 e. The first-order valence-corrected chi connectivity index (χ1v) is 4.97. The SMILES string of the molecule is CC(C)(C)OC=O.FC1(F)CCNCC1. The van der Waals surface area contributed by atoms with Crippen LogP contribution < -0.4 is 5.32 Å². The summed E-state index contributed by atoms with van der Waals surface area (Å²) in [7, 11) is 0. The Hall–Kier alpha value is -0.710. The van der Waals surface area contributed by atoms with Crippen molar-refractivity contribution in [1.29, 1.82) is 0 Å². The summed E-state index contributed by atoms with van der Waals surface area (Å²) in [4.78, 5) is 9.60. The van der Waals surface area contributed by atoms with Crippen LogP contribution in [0.3, 0.4) is 0 Å². The van der Waals surface area contributed by atoms with Crippen LogP contribution in [0.4, 0.5) is 8.78 Å². The number of carbonyl (C=O) groups is 1. The van der Waals surface area contributed by atoms with Gasteiger partial charge in [-0.1, -0.05) is 0 Å². The predicted octanol–water partition coefficient (Wildman–Crippen LogP) is 1.96. The molecule has 1 rings (SSSR count). The Morgan fingerprint density at radius 1 is 1.27 bits per heavy atom. The van der Waals surface area contributed by atoms with Crippen LogP contribution in [0.1, 0.15) is 33.6 Å². The molecule has 0 atom stereocenters. The first-order valence-electron chi connectivity index (χ1n) is 4.97. The third-order valence-corrected chi connectivity index (χ3v) is 1.74. The molecule has 0 amide bonds. The van der Waals surface area contributed by atoms with E-state index in [-0.39, 0.29) is 18.4 Å². The van der Waals surface area contributed by atoms with Gasteiger partial charge in [0.05, 0.1) is 0 Å². The Bertz CT molecular complexity index is 182. The predicted molar refractivity (Wildman–Crippen MR) is 54.0 cm³/mol. The van der Waals surface area contributed by atoms with Crippen molar-refractivity contribution in [2.75, 3.05) is 13.1 Å². The lowest BCUT2D eigenvalue weighted by atomic mass is 10.1. The van der Waals surface area contributed by atoms with Crippen LogP contribution in [0.2, 0.25) is 0 Å². The minimum atomic E-state index is -2.38. The van der Waals surface area contributed by atoms with Crippen molar-refractivity contribution in [2.24, 2.45) is 0 Å². The van der Waals surface area contributed by atoms with E-state index in [4.69, 9.17) is 0 Å². The lowest BCUT2D eigenvalue weighted by Crippen LogP contribution is -2.35. The maximum absolute atomic E-state index is 12.2. The highest BCUT2D eigenvalue weighted by molar-refractivity contribution is 5.37. The molecule has 0 aromatic heterocycles. The molecule has 0 spiro atoms. The van der Waals surface area contributed by atoms with Gasteiger partial charge in [-0.15, -0.1) is 0 Å². The molecule has 5 heteroatoms. The van der Waals surface area contributed by atoms with E-state index in [0.29, 0.717) is 19.6 Å². The molecule has 1 aliphatic rings. The van der Waals surface area contributed by atoms with Crippen molar-refractivity contribution < 1.29 is 18.3 Å². The molecule has 1 N–H and O–H groups in total. The Labute approximate surface area is 89.2 Å². The molecule has 1 aliphatic heterocycles. The number of ether oxygens (including phenoxy) is 1.